The Hall–Kier alpha value is -3.58. The molecule has 0 aliphatic heterocycles. The van der Waals surface area contributed by atoms with Crippen LogP contribution in [0.25, 0.3) is 10.1 Å². The van der Waals surface area contributed by atoms with Crippen molar-refractivity contribution in [3.8, 4) is 0 Å². The largest absolute Gasteiger partial charge is 0.348 e. The standard InChI is InChI=1S/C21H16N4O2S/c26-20(23-13-14-4-3-11-22-12-14)15-7-9-16(10-8-15)24-21(27)19-17-5-1-2-6-18(17)28-25-19/h1-12H,13H2,(H,23,26)(H,24,27). The van der Waals surface area contributed by atoms with Crippen LogP contribution >= 0.6 is 11.5 Å². The molecule has 6 nitrogen and oxygen atoms in total. The smallest absolute Gasteiger partial charge is 0.276 e. The fourth-order valence-electron chi connectivity index (χ4n) is 2.73. The number of aromatic nitrogens is 2. The van der Waals surface area contributed by atoms with Gasteiger partial charge in [0.05, 0.1) is 4.70 Å². The van der Waals surface area contributed by atoms with Crippen molar-refractivity contribution >= 4 is 39.1 Å². The second-order valence-electron chi connectivity index (χ2n) is 6.10. The molecule has 4 aromatic rings. The normalized spacial score (nSPS) is 10.6. The first kappa shape index (κ1) is 17.8. The number of anilines is 1. The monoisotopic (exact) mass is 388 g/mol. The average Bonchev–Trinajstić information content (AvgIpc) is 3.18. The van der Waals surface area contributed by atoms with E-state index in [0.29, 0.717) is 23.5 Å². The molecule has 2 heterocycles. The summed E-state index contributed by atoms with van der Waals surface area (Å²) in [5.41, 5.74) is 2.45. The summed E-state index contributed by atoms with van der Waals surface area (Å²) in [5, 5.41) is 6.50. The van der Waals surface area contributed by atoms with E-state index in [2.05, 4.69) is 20.0 Å². The highest BCUT2D eigenvalue weighted by atomic mass is 32.1. The summed E-state index contributed by atoms with van der Waals surface area (Å²) < 4.78 is 5.22. The number of pyridine rings is 1. The lowest BCUT2D eigenvalue weighted by Gasteiger charge is -2.07. The molecule has 0 saturated heterocycles. The molecule has 0 radical (unpaired) electrons. The molecule has 0 aliphatic rings. The maximum atomic E-state index is 12.5. The number of amides is 2. The molecule has 2 aromatic carbocycles. The third kappa shape index (κ3) is 3.89. The highest BCUT2D eigenvalue weighted by molar-refractivity contribution is 7.13. The molecule has 28 heavy (non-hydrogen) atoms. The van der Waals surface area contributed by atoms with Gasteiger partial charge in [-0.15, -0.1) is 0 Å². The van der Waals surface area contributed by atoms with E-state index in [9.17, 15) is 9.59 Å². The van der Waals surface area contributed by atoms with Gasteiger partial charge in [-0.3, -0.25) is 14.6 Å². The molecule has 0 spiro atoms. The zero-order chi connectivity index (χ0) is 19.3. The zero-order valence-corrected chi connectivity index (χ0v) is 15.6. The molecule has 0 aliphatic carbocycles. The summed E-state index contributed by atoms with van der Waals surface area (Å²) >= 11 is 1.29. The van der Waals surface area contributed by atoms with Crippen molar-refractivity contribution in [2.45, 2.75) is 6.54 Å². The first-order valence-corrected chi connectivity index (χ1v) is 9.41. The second-order valence-corrected chi connectivity index (χ2v) is 6.91. The van der Waals surface area contributed by atoms with Gasteiger partial charge in [-0.25, -0.2) is 0 Å². The minimum Gasteiger partial charge on any atom is -0.348 e. The quantitative estimate of drug-likeness (QED) is 0.544. The Balaban J connectivity index is 1.40. The van der Waals surface area contributed by atoms with E-state index in [0.717, 1.165) is 15.6 Å². The molecule has 2 N–H and O–H groups in total. The molecule has 0 unspecified atom stereocenters. The van der Waals surface area contributed by atoms with Gasteiger partial charge in [0.25, 0.3) is 11.8 Å². The lowest BCUT2D eigenvalue weighted by Crippen LogP contribution is -2.22. The van der Waals surface area contributed by atoms with Crippen LogP contribution in [0.2, 0.25) is 0 Å². The Bertz CT molecular complexity index is 1120. The van der Waals surface area contributed by atoms with E-state index in [-0.39, 0.29) is 11.8 Å². The van der Waals surface area contributed by atoms with Gasteiger partial charge >= 0.3 is 0 Å². The van der Waals surface area contributed by atoms with Crippen molar-refractivity contribution in [2.24, 2.45) is 0 Å². The molecule has 0 fully saturated rings. The van der Waals surface area contributed by atoms with Crippen LogP contribution in [-0.4, -0.2) is 21.2 Å². The molecule has 7 heteroatoms. The van der Waals surface area contributed by atoms with Gasteiger partial charge in [0.1, 0.15) is 5.69 Å². The number of carbonyl (C=O) groups is 2. The second kappa shape index (κ2) is 7.98. The third-order valence-electron chi connectivity index (χ3n) is 4.17. The predicted molar refractivity (Wildman–Crippen MR) is 109 cm³/mol. The van der Waals surface area contributed by atoms with Crippen LogP contribution in [0.5, 0.6) is 0 Å². The molecular formula is C21H16N4O2S. The van der Waals surface area contributed by atoms with Gasteiger partial charge in [0.2, 0.25) is 0 Å². The highest BCUT2D eigenvalue weighted by Gasteiger charge is 2.14. The SMILES string of the molecule is O=C(NCc1cccnc1)c1ccc(NC(=O)c2nsc3ccccc23)cc1. The van der Waals surface area contributed by atoms with Crippen LogP contribution in [0.1, 0.15) is 26.4 Å². The van der Waals surface area contributed by atoms with Gasteiger partial charge in [0, 0.05) is 35.6 Å². The number of hydrogen-bond donors (Lipinski definition) is 2. The number of hydrogen-bond acceptors (Lipinski definition) is 5. The molecule has 2 aromatic heterocycles. The molecule has 0 atom stereocenters. The Morgan fingerprint density at radius 2 is 1.75 bits per heavy atom. The maximum Gasteiger partial charge on any atom is 0.276 e. The Kier molecular flexibility index (Phi) is 5.07. The van der Waals surface area contributed by atoms with Crippen molar-refractivity contribution in [1.29, 1.82) is 0 Å². The van der Waals surface area contributed by atoms with Crippen molar-refractivity contribution < 1.29 is 9.59 Å². The van der Waals surface area contributed by atoms with Crippen LogP contribution in [-0.2, 0) is 6.54 Å². The summed E-state index contributed by atoms with van der Waals surface area (Å²) in [7, 11) is 0. The zero-order valence-electron chi connectivity index (χ0n) is 14.8. The van der Waals surface area contributed by atoms with E-state index in [1.807, 2.05) is 36.4 Å². The average molecular weight is 388 g/mol. The van der Waals surface area contributed by atoms with Crippen LogP contribution in [0.3, 0.4) is 0 Å². The van der Waals surface area contributed by atoms with E-state index in [1.165, 1.54) is 11.5 Å². The summed E-state index contributed by atoms with van der Waals surface area (Å²) in [4.78, 5) is 28.8. The van der Waals surface area contributed by atoms with Gasteiger partial charge in [0.15, 0.2) is 0 Å². The van der Waals surface area contributed by atoms with E-state index in [4.69, 9.17) is 0 Å². The van der Waals surface area contributed by atoms with Crippen molar-refractivity contribution in [2.75, 3.05) is 5.32 Å². The summed E-state index contributed by atoms with van der Waals surface area (Å²) in [6.07, 6.45) is 3.40. The minimum absolute atomic E-state index is 0.188. The fourth-order valence-corrected chi connectivity index (χ4v) is 3.51. The molecule has 2 amide bonds. The van der Waals surface area contributed by atoms with E-state index in [1.54, 1.807) is 36.7 Å². The number of nitrogens with one attached hydrogen (secondary N) is 2. The predicted octanol–water partition coefficient (Wildman–Crippen LogP) is 3.87. The van der Waals surface area contributed by atoms with Crippen LogP contribution in [0.15, 0.2) is 73.1 Å². The van der Waals surface area contributed by atoms with Gasteiger partial charge in [-0.1, -0.05) is 24.3 Å². The van der Waals surface area contributed by atoms with E-state index < -0.39 is 0 Å². The summed E-state index contributed by atoms with van der Waals surface area (Å²) in [5.74, 6) is -0.460. The van der Waals surface area contributed by atoms with Crippen molar-refractivity contribution in [3.05, 3.63) is 89.9 Å². The third-order valence-corrected chi connectivity index (χ3v) is 5.00. The Labute approximate surface area is 165 Å². The van der Waals surface area contributed by atoms with Gasteiger partial charge < -0.3 is 10.6 Å². The Morgan fingerprint density at radius 1 is 0.929 bits per heavy atom. The first-order chi connectivity index (χ1) is 13.7. The number of fused-ring (bicyclic) bond motifs is 1. The van der Waals surface area contributed by atoms with Crippen molar-refractivity contribution in [1.82, 2.24) is 14.7 Å². The summed E-state index contributed by atoms with van der Waals surface area (Å²) in [6.45, 7) is 0.405. The molecule has 138 valence electrons. The fraction of sp³-hybridized carbons (Fsp3) is 0.0476. The maximum absolute atomic E-state index is 12.5. The van der Waals surface area contributed by atoms with Crippen molar-refractivity contribution in [3.63, 3.8) is 0 Å². The van der Waals surface area contributed by atoms with E-state index >= 15 is 0 Å². The number of carbonyl (C=O) groups excluding carboxylic acids is 2. The molecule has 0 bridgehead atoms. The minimum atomic E-state index is -0.272. The van der Waals surface area contributed by atoms with Crippen LogP contribution in [0.4, 0.5) is 5.69 Å². The van der Waals surface area contributed by atoms with Gasteiger partial charge in [-0.2, -0.15) is 4.37 Å². The number of rotatable bonds is 5. The van der Waals surface area contributed by atoms with Crippen LogP contribution < -0.4 is 10.6 Å². The first-order valence-electron chi connectivity index (χ1n) is 8.63. The lowest BCUT2D eigenvalue weighted by atomic mass is 10.1. The number of benzene rings is 2. The molecular weight excluding hydrogens is 372 g/mol. The number of nitrogens with zero attached hydrogens (tertiary/aromatic N) is 2. The molecule has 4 rings (SSSR count). The van der Waals surface area contributed by atoms with Gasteiger partial charge in [-0.05, 0) is 53.5 Å². The topological polar surface area (TPSA) is 84.0 Å². The Morgan fingerprint density at radius 3 is 2.54 bits per heavy atom. The summed E-state index contributed by atoms with van der Waals surface area (Å²) in [6, 6.07) is 18.1. The van der Waals surface area contributed by atoms with Crippen LogP contribution in [0, 0.1) is 0 Å². The lowest BCUT2D eigenvalue weighted by molar-refractivity contribution is 0.0950. The molecule has 0 saturated carbocycles. The highest BCUT2D eigenvalue weighted by Crippen LogP contribution is 2.23.